The highest BCUT2D eigenvalue weighted by atomic mass is 16.5. The Morgan fingerprint density at radius 2 is 1.76 bits per heavy atom. The molecule has 0 aromatic heterocycles. The van der Waals surface area contributed by atoms with Crippen LogP contribution < -0.4 is 4.74 Å². The van der Waals surface area contributed by atoms with E-state index in [4.69, 9.17) is 4.74 Å². The van der Waals surface area contributed by atoms with E-state index in [-0.39, 0.29) is 5.41 Å². The van der Waals surface area contributed by atoms with Gasteiger partial charge in [0.25, 0.3) is 0 Å². The van der Waals surface area contributed by atoms with Crippen LogP contribution in [0.4, 0.5) is 0 Å². The summed E-state index contributed by atoms with van der Waals surface area (Å²) in [6, 6.07) is 9.96. The molecule has 0 radical (unpaired) electrons. The third kappa shape index (κ3) is 4.47. The van der Waals surface area contributed by atoms with Crippen LogP contribution in [0, 0.1) is 16.7 Å². The van der Waals surface area contributed by atoms with E-state index in [1.807, 2.05) is 30.3 Å². The molecule has 0 unspecified atom stereocenters. The van der Waals surface area contributed by atoms with Gasteiger partial charge < -0.3 is 9.84 Å². The molecule has 0 bridgehead atoms. The summed E-state index contributed by atoms with van der Waals surface area (Å²) in [5.41, 5.74) is 0.471. The van der Waals surface area contributed by atoms with Crippen molar-refractivity contribution in [1.29, 1.82) is 0 Å². The number of aliphatic hydroxyl groups excluding tert-OH is 1. The van der Waals surface area contributed by atoms with Crippen molar-refractivity contribution in [2.24, 2.45) is 16.7 Å². The second-order valence-electron chi connectivity index (χ2n) is 7.71. The molecule has 0 spiro atoms. The van der Waals surface area contributed by atoms with Crippen LogP contribution >= 0.6 is 0 Å². The first-order valence-corrected chi connectivity index (χ1v) is 8.24. The number of para-hydroxylation sites is 1. The van der Waals surface area contributed by atoms with Crippen LogP contribution in [0.25, 0.3) is 0 Å². The van der Waals surface area contributed by atoms with E-state index >= 15 is 0 Å². The largest absolute Gasteiger partial charge is 0.494 e. The molecule has 1 fully saturated rings. The first-order valence-electron chi connectivity index (χ1n) is 8.24. The van der Waals surface area contributed by atoms with E-state index in [0.717, 1.165) is 30.9 Å². The van der Waals surface area contributed by atoms with Gasteiger partial charge in [-0.1, -0.05) is 39.0 Å². The molecule has 0 amide bonds. The molecule has 1 saturated carbocycles. The molecular formula is C19H30O2. The third-order valence-corrected chi connectivity index (χ3v) is 5.25. The number of hydrogen-bond donors (Lipinski definition) is 1. The van der Waals surface area contributed by atoms with Gasteiger partial charge in [-0.05, 0) is 61.0 Å². The molecule has 2 heteroatoms. The Kier molecular flexibility index (Phi) is 5.32. The Bertz CT molecular complexity index is 411. The van der Waals surface area contributed by atoms with Crippen LogP contribution in [0.3, 0.4) is 0 Å². The van der Waals surface area contributed by atoms with Gasteiger partial charge in [-0.3, -0.25) is 0 Å². The quantitative estimate of drug-likeness (QED) is 0.854. The van der Waals surface area contributed by atoms with E-state index in [1.54, 1.807) is 0 Å². The lowest BCUT2D eigenvalue weighted by atomic mass is 9.63. The van der Waals surface area contributed by atoms with Gasteiger partial charge in [0.1, 0.15) is 5.75 Å². The van der Waals surface area contributed by atoms with E-state index in [9.17, 15) is 5.11 Å². The zero-order valence-electron chi connectivity index (χ0n) is 13.8. The SMILES string of the molecule is CC(C)(C)C1CCC(CO)(CCOc2ccccc2)CC1. The predicted molar refractivity (Wildman–Crippen MR) is 87.5 cm³/mol. The average molecular weight is 290 g/mol. The zero-order chi connectivity index (χ0) is 15.3. The molecule has 1 aliphatic carbocycles. The number of benzene rings is 1. The van der Waals surface area contributed by atoms with Gasteiger partial charge in [-0.25, -0.2) is 0 Å². The highest BCUT2D eigenvalue weighted by Crippen LogP contribution is 2.46. The molecule has 0 saturated heterocycles. The summed E-state index contributed by atoms with van der Waals surface area (Å²) < 4.78 is 5.82. The fourth-order valence-electron chi connectivity index (χ4n) is 3.49. The number of rotatable bonds is 5. The van der Waals surface area contributed by atoms with E-state index < -0.39 is 0 Å². The van der Waals surface area contributed by atoms with E-state index in [2.05, 4.69) is 20.8 Å². The summed E-state index contributed by atoms with van der Waals surface area (Å²) in [7, 11) is 0. The number of ether oxygens (including phenoxy) is 1. The van der Waals surface area contributed by atoms with Crippen molar-refractivity contribution in [3.05, 3.63) is 30.3 Å². The third-order valence-electron chi connectivity index (χ3n) is 5.25. The molecule has 1 N–H and O–H groups in total. The second kappa shape index (κ2) is 6.83. The lowest BCUT2D eigenvalue weighted by molar-refractivity contribution is 0.0209. The van der Waals surface area contributed by atoms with Crippen molar-refractivity contribution in [3.8, 4) is 5.75 Å². The highest BCUT2D eigenvalue weighted by Gasteiger charge is 2.38. The Morgan fingerprint density at radius 1 is 1.14 bits per heavy atom. The number of hydrogen-bond acceptors (Lipinski definition) is 2. The molecular weight excluding hydrogens is 260 g/mol. The fourth-order valence-corrected chi connectivity index (χ4v) is 3.49. The molecule has 0 aliphatic heterocycles. The number of aliphatic hydroxyl groups is 1. The average Bonchev–Trinajstić information content (AvgIpc) is 2.48. The first kappa shape index (κ1) is 16.4. The minimum Gasteiger partial charge on any atom is -0.494 e. The topological polar surface area (TPSA) is 29.5 Å². The molecule has 118 valence electrons. The van der Waals surface area contributed by atoms with Crippen molar-refractivity contribution in [2.45, 2.75) is 52.9 Å². The minimum absolute atomic E-state index is 0.0799. The second-order valence-corrected chi connectivity index (χ2v) is 7.71. The van der Waals surface area contributed by atoms with Crippen LogP contribution in [-0.2, 0) is 0 Å². The van der Waals surface area contributed by atoms with Gasteiger partial charge in [0.15, 0.2) is 0 Å². The minimum atomic E-state index is 0.0799. The Hall–Kier alpha value is -1.02. The Balaban J connectivity index is 1.83. The van der Waals surface area contributed by atoms with Crippen molar-refractivity contribution >= 4 is 0 Å². The zero-order valence-corrected chi connectivity index (χ0v) is 13.8. The summed E-state index contributed by atoms with van der Waals surface area (Å²) in [5.74, 6) is 1.71. The Morgan fingerprint density at radius 3 is 2.29 bits per heavy atom. The van der Waals surface area contributed by atoms with Crippen molar-refractivity contribution in [2.75, 3.05) is 13.2 Å². The summed E-state index contributed by atoms with van der Waals surface area (Å²) in [6.07, 6.45) is 5.67. The lowest BCUT2D eigenvalue weighted by Gasteiger charge is -2.43. The van der Waals surface area contributed by atoms with Crippen molar-refractivity contribution in [1.82, 2.24) is 0 Å². The van der Waals surface area contributed by atoms with Crippen LogP contribution in [0.5, 0.6) is 5.75 Å². The molecule has 2 rings (SSSR count). The van der Waals surface area contributed by atoms with E-state index in [1.165, 1.54) is 12.8 Å². The van der Waals surface area contributed by atoms with Crippen LogP contribution in [0.1, 0.15) is 52.9 Å². The predicted octanol–water partition coefficient (Wildman–Crippen LogP) is 4.67. The van der Waals surface area contributed by atoms with Crippen LogP contribution in [-0.4, -0.2) is 18.3 Å². The van der Waals surface area contributed by atoms with Crippen LogP contribution in [0.15, 0.2) is 30.3 Å². The van der Waals surface area contributed by atoms with Crippen molar-refractivity contribution in [3.63, 3.8) is 0 Å². The molecule has 1 aliphatic rings. The summed E-state index contributed by atoms with van der Waals surface area (Å²) >= 11 is 0. The summed E-state index contributed by atoms with van der Waals surface area (Å²) in [4.78, 5) is 0. The molecule has 1 aromatic carbocycles. The standard InChI is InChI=1S/C19H30O2/c1-18(2,3)16-9-11-19(15-20,12-10-16)13-14-21-17-7-5-4-6-8-17/h4-8,16,20H,9-15H2,1-3H3. The van der Waals surface area contributed by atoms with Crippen LogP contribution in [0.2, 0.25) is 0 Å². The van der Waals surface area contributed by atoms with Gasteiger partial charge in [0.2, 0.25) is 0 Å². The molecule has 0 atom stereocenters. The maximum absolute atomic E-state index is 9.87. The van der Waals surface area contributed by atoms with Gasteiger partial charge in [0, 0.05) is 6.61 Å². The lowest BCUT2D eigenvalue weighted by Crippen LogP contribution is -2.36. The summed E-state index contributed by atoms with van der Waals surface area (Å²) in [6.45, 7) is 8.00. The molecule has 1 aromatic rings. The Labute approximate surface area is 129 Å². The monoisotopic (exact) mass is 290 g/mol. The maximum atomic E-state index is 9.87. The maximum Gasteiger partial charge on any atom is 0.119 e. The normalized spacial score (nSPS) is 26.6. The first-order chi connectivity index (χ1) is 9.95. The van der Waals surface area contributed by atoms with Crippen molar-refractivity contribution < 1.29 is 9.84 Å². The highest BCUT2D eigenvalue weighted by molar-refractivity contribution is 5.20. The summed E-state index contributed by atoms with van der Waals surface area (Å²) in [5, 5.41) is 9.87. The fraction of sp³-hybridized carbons (Fsp3) is 0.684. The van der Waals surface area contributed by atoms with Gasteiger partial charge in [0.05, 0.1) is 6.61 Å². The van der Waals surface area contributed by atoms with Gasteiger partial charge >= 0.3 is 0 Å². The smallest absolute Gasteiger partial charge is 0.119 e. The molecule has 2 nitrogen and oxygen atoms in total. The molecule has 0 heterocycles. The van der Waals surface area contributed by atoms with E-state index in [0.29, 0.717) is 18.6 Å². The molecule has 21 heavy (non-hydrogen) atoms. The van der Waals surface area contributed by atoms with Gasteiger partial charge in [-0.2, -0.15) is 0 Å². The van der Waals surface area contributed by atoms with Gasteiger partial charge in [-0.15, -0.1) is 0 Å².